The van der Waals surface area contributed by atoms with Crippen molar-refractivity contribution in [3.63, 3.8) is 0 Å². The average molecular weight is 188 g/mol. The van der Waals surface area contributed by atoms with Crippen molar-refractivity contribution in [1.29, 1.82) is 0 Å². The third-order valence-corrected chi connectivity index (χ3v) is 1.09. The van der Waals surface area contributed by atoms with E-state index in [0.717, 1.165) is 0 Å². The molecule has 74 valence electrons. The molecule has 0 aromatic rings. The molecule has 0 aromatic heterocycles. The molecule has 0 heterocycles. The second-order valence-electron chi connectivity index (χ2n) is 2.51. The Morgan fingerprint density at radius 3 is 2.23 bits per heavy atom. The van der Waals surface area contributed by atoms with Gasteiger partial charge in [-0.1, -0.05) is 0 Å². The van der Waals surface area contributed by atoms with E-state index in [-0.39, 0.29) is 31.2 Å². The number of ketones is 2. The summed E-state index contributed by atoms with van der Waals surface area (Å²) in [7, 11) is 1.37. The van der Waals surface area contributed by atoms with Crippen molar-refractivity contribution in [2.75, 3.05) is 20.3 Å². The summed E-state index contributed by atoms with van der Waals surface area (Å²) < 4.78 is 8.99. The minimum Gasteiger partial charge on any atom is -0.457 e. The van der Waals surface area contributed by atoms with Gasteiger partial charge in [0.1, 0.15) is 18.8 Å². The van der Waals surface area contributed by atoms with E-state index < -0.39 is 5.97 Å². The first-order valence-corrected chi connectivity index (χ1v) is 3.72. The van der Waals surface area contributed by atoms with Gasteiger partial charge in [-0.15, -0.1) is 0 Å². The zero-order valence-corrected chi connectivity index (χ0v) is 7.66. The SMILES string of the molecule is COCC(=O)COC(=O)CC(C)=O. The van der Waals surface area contributed by atoms with Crippen LogP contribution in [0.5, 0.6) is 0 Å². The second-order valence-corrected chi connectivity index (χ2v) is 2.51. The number of Topliss-reactive ketones (excluding diaryl/α,β-unsaturated/α-hetero) is 2. The Kier molecular flexibility index (Phi) is 5.71. The first-order chi connectivity index (χ1) is 6.06. The zero-order chi connectivity index (χ0) is 10.3. The summed E-state index contributed by atoms with van der Waals surface area (Å²) in [5, 5.41) is 0. The average Bonchev–Trinajstić information content (AvgIpc) is 2.00. The molecule has 0 aliphatic heterocycles. The van der Waals surface area contributed by atoms with Crippen molar-refractivity contribution in [2.45, 2.75) is 13.3 Å². The number of hydrogen-bond acceptors (Lipinski definition) is 5. The Hall–Kier alpha value is -1.23. The van der Waals surface area contributed by atoms with E-state index in [1.807, 2.05) is 0 Å². The second kappa shape index (κ2) is 6.30. The number of rotatable bonds is 6. The van der Waals surface area contributed by atoms with E-state index in [2.05, 4.69) is 9.47 Å². The summed E-state index contributed by atoms with van der Waals surface area (Å²) in [6, 6.07) is 0. The number of ether oxygens (including phenoxy) is 2. The number of esters is 1. The molecule has 0 spiro atoms. The monoisotopic (exact) mass is 188 g/mol. The van der Waals surface area contributed by atoms with Gasteiger partial charge in [0.2, 0.25) is 0 Å². The predicted octanol–water partition coefficient (Wildman–Crippen LogP) is -0.276. The lowest BCUT2D eigenvalue weighted by Gasteiger charge is -2.01. The molecule has 0 N–H and O–H groups in total. The molecule has 0 bridgehead atoms. The third-order valence-electron chi connectivity index (χ3n) is 1.09. The highest BCUT2D eigenvalue weighted by Crippen LogP contribution is 1.88. The lowest BCUT2D eigenvalue weighted by molar-refractivity contribution is -0.150. The molecule has 0 aliphatic carbocycles. The molecule has 0 saturated carbocycles. The number of carbonyl (C=O) groups excluding carboxylic acids is 3. The molecule has 0 saturated heterocycles. The van der Waals surface area contributed by atoms with Crippen LogP contribution in [0, 0.1) is 0 Å². The van der Waals surface area contributed by atoms with Crippen molar-refractivity contribution >= 4 is 17.5 Å². The smallest absolute Gasteiger partial charge is 0.313 e. The summed E-state index contributed by atoms with van der Waals surface area (Å²) in [6.45, 7) is 0.853. The largest absolute Gasteiger partial charge is 0.457 e. The summed E-state index contributed by atoms with van der Waals surface area (Å²) in [6.07, 6.45) is -0.291. The van der Waals surface area contributed by atoms with Crippen LogP contribution in [-0.4, -0.2) is 37.9 Å². The van der Waals surface area contributed by atoms with Crippen LogP contribution in [-0.2, 0) is 23.9 Å². The van der Waals surface area contributed by atoms with E-state index in [1.54, 1.807) is 0 Å². The summed E-state index contributed by atoms with van der Waals surface area (Å²) in [5.41, 5.74) is 0. The molecule has 0 unspecified atom stereocenters. The molecule has 0 aromatic carbocycles. The number of methoxy groups -OCH3 is 1. The highest BCUT2D eigenvalue weighted by atomic mass is 16.5. The maximum atomic E-state index is 10.7. The lowest BCUT2D eigenvalue weighted by atomic mass is 10.3. The number of hydrogen-bond donors (Lipinski definition) is 0. The van der Waals surface area contributed by atoms with E-state index in [4.69, 9.17) is 0 Å². The van der Waals surface area contributed by atoms with Crippen molar-refractivity contribution in [3.8, 4) is 0 Å². The van der Waals surface area contributed by atoms with Gasteiger partial charge in [0.15, 0.2) is 12.4 Å². The molecule has 0 atom stereocenters. The summed E-state index contributed by atoms with van der Waals surface area (Å²) in [5.74, 6) is -1.31. The third kappa shape index (κ3) is 7.14. The van der Waals surface area contributed by atoms with Crippen LogP contribution in [0.25, 0.3) is 0 Å². The van der Waals surface area contributed by atoms with Crippen LogP contribution in [0.15, 0.2) is 0 Å². The van der Waals surface area contributed by atoms with Crippen molar-refractivity contribution < 1.29 is 23.9 Å². The van der Waals surface area contributed by atoms with Crippen LogP contribution in [0.4, 0.5) is 0 Å². The topological polar surface area (TPSA) is 69.7 Å². The highest BCUT2D eigenvalue weighted by molar-refractivity contribution is 5.95. The van der Waals surface area contributed by atoms with E-state index in [1.165, 1.54) is 14.0 Å². The molecule has 0 rings (SSSR count). The van der Waals surface area contributed by atoms with Gasteiger partial charge in [-0.25, -0.2) is 0 Å². The van der Waals surface area contributed by atoms with Crippen LogP contribution >= 0.6 is 0 Å². The minimum atomic E-state index is -0.683. The fourth-order valence-electron chi connectivity index (χ4n) is 0.618. The molecule has 0 fully saturated rings. The molecule has 0 radical (unpaired) electrons. The van der Waals surface area contributed by atoms with E-state index in [9.17, 15) is 14.4 Å². The van der Waals surface area contributed by atoms with Crippen LogP contribution in [0.1, 0.15) is 13.3 Å². The maximum absolute atomic E-state index is 10.7. The van der Waals surface area contributed by atoms with Gasteiger partial charge in [-0.05, 0) is 6.92 Å². The molecule has 0 aliphatic rings. The molecular formula is C8H12O5. The normalized spacial score (nSPS) is 9.38. The zero-order valence-electron chi connectivity index (χ0n) is 7.66. The first kappa shape index (κ1) is 11.8. The van der Waals surface area contributed by atoms with Crippen molar-refractivity contribution in [1.82, 2.24) is 0 Å². The van der Waals surface area contributed by atoms with Gasteiger partial charge in [-0.2, -0.15) is 0 Å². The minimum absolute atomic E-state index is 0.0899. The Bertz CT molecular complexity index is 209. The van der Waals surface area contributed by atoms with Gasteiger partial charge in [0, 0.05) is 7.11 Å². The molecule has 13 heavy (non-hydrogen) atoms. The van der Waals surface area contributed by atoms with E-state index in [0.29, 0.717) is 0 Å². The van der Waals surface area contributed by atoms with Crippen LogP contribution < -0.4 is 0 Å². The quantitative estimate of drug-likeness (QED) is 0.423. The van der Waals surface area contributed by atoms with Crippen LogP contribution in [0.3, 0.4) is 0 Å². The fourth-order valence-corrected chi connectivity index (χ4v) is 0.618. The Morgan fingerprint density at radius 1 is 1.15 bits per heavy atom. The fraction of sp³-hybridized carbons (Fsp3) is 0.625. The number of carbonyl (C=O) groups is 3. The maximum Gasteiger partial charge on any atom is 0.313 e. The van der Waals surface area contributed by atoms with Crippen molar-refractivity contribution in [3.05, 3.63) is 0 Å². The van der Waals surface area contributed by atoms with Gasteiger partial charge >= 0.3 is 5.97 Å². The first-order valence-electron chi connectivity index (χ1n) is 3.72. The predicted molar refractivity (Wildman–Crippen MR) is 43.1 cm³/mol. The van der Waals surface area contributed by atoms with Crippen LogP contribution in [0.2, 0.25) is 0 Å². The Morgan fingerprint density at radius 2 is 1.77 bits per heavy atom. The molecule has 0 amide bonds. The molecule has 5 heteroatoms. The highest BCUT2D eigenvalue weighted by Gasteiger charge is 2.08. The molecule has 5 nitrogen and oxygen atoms in total. The standard InChI is InChI=1S/C8H12O5/c1-6(9)3-8(11)13-5-7(10)4-12-2/h3-5H2,1-2H3. The van der Waals surface area contributed by atoms with Gasteiger partial charge in [-0.3, -0.25) is 14.4 Å². The molecular weight excluding hydrogens is 176 g/mol. The lowest BCUT2D eigenvalue weighted by Crippen LogP contribution is -2.18. The van der Waals surface area contributed by atoms with Gasteiger partial charge < -0.3 is 9.47 Å². The Labute approximate surface area is 76.0 Å². The van der Waals surface area contributed by atoms with Gasteiger partial charge in [0.05, 0.1) is 0 Å². The summed E-state index contributed by atoms with van der Waals surface area (Å²) >= 11 is 0. The summed E-state index contributed by atoms with van der Waals surface area (Å²) in [4.78, 5) is 31.9. The van der Waals surface area contributed by atoms with E-state index >= 15 is 0 Å². The van der Waals surface area contributed by atoms with Gasteiger partial charge in [0.25, 0.3) is 0 Å². The Balaban J connectivity index is 3.58. The van der Waals surface area contributed by atoms with Crippen molar-refractivity contribution in [2.24, 2.45) is 0 Å².